The zero-order valence-electron chi connectivity index (χ0n) is 17.0. The van der Waals surface area contributed by atoms with E-state index in [1.807, 2.05) is 0 Å². The topological polar surface area (TPSA) is 293 Å². The van der Waals surface area contributed by atoms with E-state index >= 15 is 0 Å². The van der Waals surface area contributed by atoms with Crippen LogP contribution in [0.5, 0.6) is 11.5 Å². The van der Waals surface area contributed by atoms with Crippen LogP contribution in [0, 0.1) is 54.3 Å². The van der Waals surface area contributed by atoms with Gasteiger partial charge in [0.2, 0.25) is 0 Å². The fourth-order valence-corrected chi connectivity index (χ4v) is 2.63. The third-order valence-corrected chi connectivity index (χ3v) is 4.17. The van der Waals surface area contributed by atoms with Crippen molar-refractivity contribution in [2.24, 2.45) is 0 Å². The van der Waals surface area contributed by atoms with Crippen LogP contribution in [0.2, 0.25) is 0 Å². The van der Waals surface area contributed by atoms with Gasteiger partial charge >= 0.3 is 29.0 Å². The van der Waals surface area contributed by atoms with Crippen LogP contribution in [0.1, 0.15) is 31.8 Å². The number of nitro groups is 4. The van der Waals surface area contributed by atoms with Gasteiger partial charge in [-0.1, -0.05) is 0 Å². The molecule has 1 radical (unpaired) electrons. The molecule has 0 amide bonds. The van der Waals surface area contributed by atoms with Crippen LogP contribution in [-0.4, -0.2) is 41.8 Å². The summed E-state index contributed by atoms with van der Waals surface area (Å²) in [6, 6.07) is 0.720. The molecule has 0 bridgehead atoms. The first-order chi connectivity index (χ1) is 15.5. The summed E-state index contributed by atoms with van der Waals surface area (Å²) in [4.78, 5) is 59.3. The quantitative estimate of drug-likeness (QED) is 0.292. The molecule has 0 heterocycles. The van der Waals surface area contributed by atoms with Crippen LogP contribution in [-0.2, 0) is 17.1 Å². The van der Waals surface area contributed by atoms with E-state index in [1.165, 1.54) is 0 Å². The van der Waals surface area contributed by atoms with Crippen LogP contribution in [0.4, 0.5) is 22.7 Å². The summed E-state index contributed by atoms with van der Waals surface area (Å²) in [6.45, 7) is 1.98. The number of carboxylic acids is 2. The average molecular weight is 546 g/mol. The first-order valence-electron chi connectivity index (χ1n) is 8.27. The van der Waals surface area contributed by atoms with Crippen molar-refractivity contribution in [3.63, 3.8) is 0 Å². The second kappa shape index (κ2) is 11.3. The maximum absolute atomic E-state index is 11.4. The van der Waals surface area contributed by atoms with Crippen molar-refractivity contribution >= 4 is 34.7 Å². The van der Waals surface area contributed by atoms with Crippen molar-refractivity contribution in [1.82, 2.24) is 0 Å². The average Bonchev–Trinajstić information content (AvgIpc) is 2.70. The van der Waals surface area contributed by atoms with Crippen molar-refractivity contribution in [2.75, 3.05) is 0 Å². The Hall–Kier alpha value is -4.90. The second-order valence-electron chi connectivity index (χ2n) is 6.13. The zero-order chi connectivity index (χ0) is 26.7. The van der Waals surface area contributed by atoms with Gasteiger partial charge in [-0.3, -0.25) is 40.5 Å². The molecule has 0 spiro atoms. The van der Waals surface area contributed by atoms with Gasteiger partial charge in [-0.25, -0.2) is 9.59 Å². The summed E-state index contributed by atoms with van der Waals surface area (Å²) >= 11 is 0. The molecule has 2 rings (SSSR count). The number of hydrogen-bond donors (Lipinski definition) is 2. The van der Waals surface area contributed by atoms with E-state index in [0.717, 1.165) is 13.8 Å². The largest absolute Gasteiger partial charge is 2.00 e. The van der Waals surface area contributed by atoms with Crippen molar-refractivity contribution in [1.29, 1.82) is 0 Å². The molecule has 2 aromatic carbocycles. The number of carboxylic acid groups (broad SMARTS) is 2. The van der Waals surface area contributed by atoms with Gasteiger partial charge in [0.15, 0.2) is 0 Å². The minimum absolute atomic E-state index is 0. The number of nitrogens with zero attached hydrogens (tertiary/aromatic N) is 4. The molecule has 0 saturated carbocycles. The fraction of sp³-hybridized carbons (Fsp3) is 0.125. The van der Waals surface area contributed by atoms with Crippen molar-refractivity contribution in [3.05, 3.63) is 74.8 Å². The maximum atomic E-state index is 11.4. The smallest absolute Gasteiger partial charge is 0.868 e. The van der Waals surface area contributed by atoms with E-state index in [9.17, 15) is 60.3 Å². The SMILES string of the molecule is Cc1c([O-])c([N+](=O)[O-])cc([N+](=O)[O-])c1C(=O)O.Cc1c([O-])c([N+](=O)[O-])cc([N+](=O)[O-])c1C(=O)O.[Cu+2]. The Morgan fingerprint density at radius 3 is 1.03 bits per heavy atom. The molecule has 2 N–H and O–H groups in total. The Balaban J connectivity index is 0.000000642. The normalized spacial score (nSPS) is 9.66. The fourth-order valence-electron chi connectivity index (χ4n) is 2.63. The molecule has 0 aliphatic heterocycles. The van der Waals surface area contributed by atoms with Gasteiger partial charge in [0.25, 0.3) is 22.7 Å². The number of nitro benzene ring substituents is 4. The van der Waals surface area contributed by atoms with E-state index in [0.29, 0.717) is 12.1 Å². The van der Waals surface area contributed by atoms with E-state index < -0.39 is 88.1 Å². The third kappa shape index (κ3) is 6.12. The molecular weight excluding hydrogens is 536 g/mol. The predicted molar refractivity (Wildman–Crippen MR) is 102 cm³/mol. The Morgan fingerprint density at radius 1 is 0.629 bits per heavy atom. The summed E-state index contributed by atoms with van der Waals surface area (Å²) in [7, 11) is 0. The van der Waals surface area contributed by atoms with Crippen LogP contribution in [0.3, 0.4) is 0 Å². The standard InChI is InChI=1S/2C8H6N2O7.Cu/c2*1-3-6(8(12)13)4(9(14)15)2-5(7(3)11)10(16)17;/h2*2,11H,1H3,(H,12,13);/q;;+2/p-2. The molecule has 19 heteroatoms. The molecule has 0 fully saturated rings. The van der Waals surface area contributed by atoms with Crippen molar-refractivity contribution in [2.45, 2.75) is 13.8 Å². The Bertz CT molecular complexity index is 1180. The van der Waals surface area contributed by atoms with Gasteiger partial charge < -0.3 is 20.4 Å². The van der Waals surface area contributed by atoms with Gasteiger partial charge in [-0.2, -0.15) is 0 Å². The molecule has 0 unspecified atom stereocenters. The van der Waals surface area contributed by atoms with Gasteiger partial charge in [0.1, 0.15) is 11.1 Å². The number of carbonyl (C=O) groups is 2. The Labute approximate surface area is 202 Å². The van der Waals surface area contributed by atoms with E-state index in [4.69, 9.17) is 10.2 Å². The second-order valence-corrected chi connectivity index (χ2v) is 6.13. The van der Waals surface area contributed by atoms with Gasteiger partial charge in [0.05, 0.1) is 31.8 Å². The molecule has 0 atom stereocenters. The number of aromatic carboxylic acids is 2. The monoisotopic (exact) mass is 545 g/mol. The first-order valence-corrected chi connectivity index (χ1v) is 8.27. The summed E-state index contributed by atoms with van der Waals surface area (Å²) < 4.78 is 0. The zero-order valence-corrected chi connectivity index (χ0v) is 18.0. The molecule has 189 valence electrons. The molecule has 0 aliphatic rings. The minimum atomic E-state index is -1.68. The summed E-state index contributed by atoms with van der Waals surface area (Å²) in [5.74, 6) is -5.64. The first kappa shape index (κ1) is 30.1. The molecule has 0 aromatic heterocycles. The molecule has 0 saturated heterocycles. The van der Waals surface area contributed by atoms with Crippen LogP contribution in [0.15, 0.2) is 12.1 Å². The van der Waals surface area contributed by atoms with Crippen LogP contribution >= 0.6 is 0 Å². The molecular formula is C16H10CuN4O14. The third-order valence-electron chi connectivity index (χ3n) is 4.17. The van der Waals surface area contributed by atoms with Crippen molar-refractivity contribution in [3.8, 4) is 11.5 Å². The predicted octanol–water partition coefficient (Wildman–Crippen LogP) is 1.16. The molecule has 2 aromatic rings. The van der Waals surface area contributed by atoms with Crippen LogP contribution < -0.4 is 10.2 Å². The van der Waals surface area contributed by atoms with E-state index in [-0.39, 0.29) is 17.1 Å². The Kier molecular flexibility index (Phi) is 9.71. The van der Waals surface area contributed by atoms with E-state index in [2.05, 4.69) is 0 Å². The van der Waals surface area contributed by atoms with Gasteiger partial charge in [0, 0.05) is 0 Å². The van der Waals surface area contributed by atoms with Crippen molar-refractivity contribution < 1.29 is 66.8 Å². The minimum Gasteiger partial charge on any atom is -0.868 e. The van der Waals surface area contributed by atoms with E-state index in [1.54, 1.807) is 0 Å². The summed E-state index contributed by atoms with van der Waals surface area (Å²) in [6.07, 6.45) is 0. The molecule has 35 heavy (non-hydrogen) atoms. The number of hydrogen-bond acceptors (Lipinski definition) is 12. The van der Waals surface area contributed by atoms with Gasteiger partial charge in [-0.05, 0) is 36.5 Å². The summed E-state index contributed by atoms with van der Waals surface area (Å²) in [5.41, 5.74) is -6.69. The maximum Gasteiger partial charge on any atom is 2.00 e. The number of benzene rings is 2. The summed E-state index contributed by atoms with van der Waals surface area (Å²) in [5, 5.41) is 82.3. The molecule has 0 aliphatic carbocycles. The molecule has 18 nitrogen and oxygen atoms in total. The number of rotatable bonds is 6. The van der Waals surface area contributed by atoms with Crippen LogP contribution in [0.25, 0.3) is 0 Å². The van der Waals surface area contributed by atoms with Gasteiger partial charge in [-0.15, -0.1) is 0 Å². The Morgan fingerprint density at radius 2 is 0.857 bits per heavy atom.